The van der Waals surface area contributed by atoms with Gasteiger partial charge in [-0.15, -0.1) is 0 Å². The summed E-state index contributed by atoms with van der Waals surface area (Å²) in [5.41, 5.74) is 7.21. The molecule has 0 unspecified atom stereocenters. The highest BCUT2D eigenvalue weighted by Crippen LogP contribution is 2.23. The van der Waals surface area contributed by atoms with Crippen molar-refractivity contribution in [3.05, 3.63) is 47.7 Å². The number of hydrogen-bond acceptors (Lipinski definition) is 5. The van der Waals surface area contributed by atoms with Crippen molar-refractivity contribution in [1.29, 1.82) is 0 Å². The second-order valence-electron chi connectivity index (χ2n) is 5.88. The van der Waals surface area contributed by atoms with E-state index in [2.05, 4.69) is 15.2 Å². The molecule has 7 heteroatoms. The van der Waals surface area contributed by atoms with Crippen LogP contribution in [-0.2, 0) is 0 Å². The number of nitrogens with two attached hydrogens (primary N) is 1. The highest BCUT2D eigenvalue weighted by atomic mass is 16.3. The van der Waals surface area contributed by atoms with Gasteiger partial charge in [-0.1, -0.05) is 0 Å². The minimum atomic E-state index is -0.482. The zero-order valence-electron chi connectivity index (χ0n) is 13.5. The summed E-state index contributed by atoms with van der Waals surface area (Å²) in [6.07, 6.45) is 6.25. The van der Waals surface area contributed by atoms with Crippen molar-refractivity contribution in [2.45, 2.75) is 25.8 Å². The number of piperidine rings is 1. The highest BCUT2D eigenvalue weighted by molar-refractivity contribution is 5.98. The molecule has 0 aromatic carbocycles. The van der Waals surface area contributed by atoms with Crippen molar-refractivity contribution >= 4 is 17.5 Å². The zero-order valence-corrected chi connectivity index (χ0v) is 13.5. The number of pyridine rings is 1. The first-order valence-corrected chi connectivity index (χ1v) is 7.90. The normalized spacial score (nSPS) is 15.3. The van der Waals surface area contributed by atoms with Crippen molar-refractivity contribution in [2.75, 3.05) is 18.0 Å². The Morgan fingerprint density at radius 2 is 2.04 bits per heavy atom. The van der Waals surface area contributed by atoms with E-state index in [1.54, 1.807) is 25.3 Å². The molecule has 2 aromatic heterocycles. The third kappa shape index (κ3) is 3.24. The number of carbonyl (C=O) groups excluding carboxylic acids is 2. The molecule has 1 aliphatic rings. The van der Waals surface area contributed by atoms with Crippen LogP contribution in [0.5, 0.6) is 0 Å². The van der Waals surface area contributed by atoms with E-state index in [-0.39, 0.29) is 11.9 Å². The fraction of sp³-hybridized carbons (Fsp3) is 0.353. The second-order valence-corrected chi connectivity index (χ2v) is 5.88. The number of furan rings is 1. The lowest BCUT2D eigenvalue weighted by Crippen LogP contribution is -2.45. The van der Waals surface area contributed by atoms with Gasteiger partial charge in [-0.25, -0.2) is 0 Å². The van der Waals surface area contributed by atoms with Gasteiger partial charge < -0.3 is 20.4 Å². The molecule has 0 bridgehead atoms. The van der Waals surface area contributed by atoms with Gasteiger partial charge in [-0.05, 0) is 31.9 Å². The van der Waals surface area contributed by atoms with E-state index in [4.69, 9.17) is 10.2 Å². The van der Waals surface area contributed by atoms with Gasteiger partial charge >= 0.3 is 0 Å². The van der Waals surface area contributed by atoms with Crippen LogP contribution in [0, 0.1) is 6.92 Å². The van der Waals surface area contributed by atoms with Crippen molar-refractivity contribution in [2.24, 2.45) is 5.73 Å². The second kappa shape index (κ2) is 6.74. The minimum Gasteiger partial charge on any atom is -0.469 e. The SMILES string of the molecule is Cc1occc1C(=O)NC1CCN(c2ccncc2C(N)=O)CC1. The number of nitrogens with zero attached hydrogens (tertiary/aromatic N) is 2. The van der Waals surface area contributed by atoms with Gasteiger partial charge in [0.25, 0.3) is 11.8 Å². The van der Waals surface area contributed by atoms with Crippen LogP contribution >= 0.6 is 0 Å². The van der Waals surface area contributed by atoms with Gasteiger partial charge in [0, 0.05) is 31.5 Å². The van der Waals surface area contributed by atoms with Crippen LogP contribution in [0.3, 0.4) is 0 Å². The van der Waals surface area contributed by atoms with E-state index in [1.165, 1.54) is 12.5 Å². The van der Waals surface area contributed by atoms with Crippen molar-refractivity contribution in [3.8, 4) is 0 Å². The number of aryl methyl sites for hydroxylation is 1. The first kappa shape index (κ1) is 16.0. The van der Waals surface area contributed by atoms with Crippen LogP contribution in [0.1, 0.15) is 39.3 Å². The number of anilines is 1. The number of primary amides is 1. The lowest BCUT2D eigenvalue weighted by molar-refractivity contribution is 0.0929. The van der Waals surface area contributed by atoms with E-state index in [9.17, 15) is 9.59 Å². The maximum atomic E-state index is 12.2. The van der Waals surface area contributed by atoms with Gasteiger partial charge in [-0.2, -0.15) is 0 Å². The number of aromatic nitrogens is 1. The Kier molecular flexibility index (Phi) is 4.50. The summed E-state index contributed by atoms with van der Waals surface area (Å²) in [4.78, 5) is 29.8. The predicted molar refractivity (Wildman–Crippen MR) is 88.9 cm³/mol. The summed E-state index contributed by atoms with van der Waals surface area (Å²) in [5, 5.41) is 3.04. The van der Waals surface area contributed by atoms with Crippen LogP contribution in [0.4, 0.5) is 5.69 Å². The average Bonchev–Trinajstić information content (AvgIpc) is 3.02. The van der Waals surface area contributed by atoms with Crippen LogP contribution in [-0.4, -0.2) is 35.9 Å². The van der Waals surface area contributed by atoms with Crippen molar-refractivity contribution in [3.63, 3.8) is 0 Å². The summed E-state index contributed by atoms with van der Waals surface area (Å²) in [7, 11) is 0. The number of carbonyl (C=O) groups is 2. The molecular formula is C17H20N4O3. The average molecular weight is 328 g/mol. The summed E-state index contributed by atoms with van der Waals surface area (Å²) in [5.74, 6) is 0.0261. The lowest BCUT2D eigenvalue weighted by atomic mass is 10.0. The van der Waals surface area contributed by atoms with E-state index in [1.807, 2.05) is 0 Å². The summed E-state index contributed by atoms with van der Waals surface area (Å²) < 4.78 is 5.17. The number of rotatable bonds is 4. The molecule has 0 spiro atoms. The molecule has 3 heterocycles. The van der Waals surface area contributed by atoms with Crippen molar-refractivity contribution < 1.29 is 14.0 Å². The van der Waals surface area contributed by atoms with Gasteiger partial charge in [-0.3, -0.25) is 14.6 Å². The lowest BCUT2D eigenvalue weighted by Gasteiger charge is -2.34. The molecule has 1 aliphatic heterocycles. The number of amides is 2. The van der Waals surface area contributed by atoms with E-state index >= 15 is 0 Å². The van der Waals surface area contributed by atoms with E-state index < -0.39 is 5.91 Å². The fourth-order valence-corrected chi connectivity index (χ4v) is 3.00. The Morgan fingerprint density at radius 1 is 1.29 bits per heavy atom. The summed E-state index contributed by atoms with van der Waals surface area (Å²) in [6.45, 7) is 3.24. The maximum Gasteiger partial charge on any atom is 0.255 e. The fourth-order valence-electron chi connectivity index (χ4n) is 3.00. The molecule has 0 radical (unpaired) electrons. The highest BCUT2D eigenvalue weighted by Gasteiger charge is 2.24. The van der Waals surface area contributed by atoms with Gasteiger partial charge in [0.05, 0.1) is 23.1 Å². The monoisotopic (exact) mass is 328 g/mol. The minimum absolute atomic E-state index is 0.0990. The molecule has 0 aliphatic carbocycles. The predicted octanol–water partition coefficient (Wildman–Crippen LogP) is 1.48. The Bertz CT molecular complexity index is 748. The molecule has 0 atom stereocenters. The number of nitrogens with one attached hydrogen (secondary N) is 1. The van der Waals surface area contributed by atoms with Crippen LogP contribution in [0.2, 0.25) is 0 Å². The molecule has 2 amide bonds. The van der Waals surface area contributed by atoms with Gasteiger partial charge in [0.1, 0.15) is 5.76 Å². The third-order valence-corrected chi connectivity index (χ3v) is 4.34. The maximum absolute atomic E-state index is 12.2. The summed E-state index contributed by atoms with van der Waals surface area (Å²) in [6, 6.07) is 3.57. The zero-order chi connectivity index (χ0) is 17.1. The van der Waals surface area contributed by atoms with E-state index in [0.717, 1.165) is 31.6 Å². The van der Waals surface area contributed by atoms with Gasteiger partial charge in [0.15, 0.2) is 0 Å². The molecule has 3 rings (SSSR count). The molecule has 7 nitrogen and oxygen atoms in total. The van der Waals surface area contributed by atoms with Gasteiger partial charge in [0.2, 0.25) is 0 Å². The third-order valence-electron chi connectivity index (χ3n) is 4.34. The summed E-state index contributed by atoms with van der Waals surface area (Å²) >= 11 is 0. The quantitative estimate of drug-likeness (QED) is 0.885. The van der Waals surface area contributed by atoms with Crippen LogP contribution in [0.25, 0.3) is 0 Å². The largest absolute Gasteiger partial charge is 0.469 e. The Balaban J connectivity index is 1.61. The molecule has 24 heavy (non-hydrogen) atoms. The Labute approximate surface area is 139 Å². The van der Waals surface area contributed by atoms with Crippen LogP contribution in [0.15, 0.2) is 35.2 Å². The molecular weight excluding hydrogens is 308 g/mol. The smallest absolute Gasteiger partial charge is 0.255 e. The standard InChI is InChI=1S/C17H20N4O3/c1-11-13(5-9-24-11)17(23)20-12-3-7-21(8-4-12)15-2-6-19-10-14(15)16(18)22/h2,5-6,9-10,12H,3-4,7-8H2,1H3,(H2,18,22)(H,20,23). The molecule has 3 N–H and O–H groups in total. The molecule has 1 fully saturated rings. The molecule has 0 saturated carbocycles. The molecule has 126 valence electrons. The number of hydrogen-bond donors (Lipinski definition) is 2. The topological polar surface area (TPSA) is 101 Å². The van der Waals surface area contributed by atoms with E-state index in [0.29, 0.717) is 16.9 Å². The first-order valence-electron chi connectivity index (χ1n) is 7.90. The first-order chi connectivity index (χ1) is 11.6. The molecule has 1 saturated heterocycles. The Hall–Kier alpha value is -2.83. The molecule has 2 aromatic rings. The Morgan fingerprint density at radius 3 is 2.67 bits per heavy atom. The van der Waals surface area contributed by atoms with Crippen molar-refractivity contribution in [1.82, 2.24) is 10.3 Å². The van der Waals surface area contributed by atoms with Crippen LogP contribution < -0.4 is 16.0 Å².